The largest absolute Gasteiger partial charge is 0.480 e. The summed E-state index contributed by atoms with van der Waals surface area (Å²) < 4.78 is 0. The Balaban J connectivity index is 0. The number of rotatable bonds is 4. The average molecular weight is 265 g/mol. The third kappa shape index (κ3) is 11.0. The maximum absolute atomic E-state index is 11.1. The lowest BCUT2D eigenvalue weighted by atomic mass is 10.2. The Kier molecular flexibility index (Phi) is 10.6. The van der Waals surface area contributed by atoms with Gasteiger partial charge in [-0.05, 0) is 27.2 Å². The molecule has 1 unspecified atom stereocenters. The van der Waals surface area contributed by atoms with Gasteiger partial charge in [-0.25, -0.2) is 0 Å². The Morgan fingerprint density at radius 3 is 2.06 bits per heavy atom. The van der Waals surface area contributed by atoms with E-state index < -0.39 is 11.3 Å². The SMILES string of the molecule is CC(Cl)C(=O)O.CCCNC(=O)/C(C)=C(/C)N. The standard InChI is InChI=1S/C8H16N2O.C3H5ClO2/c1-4-5-10-8(11)6(2)7(3)9;1-2(4)3(5)6/h4-5,9H2,1-3H3,(H,10,11);2H,1H3,(H,5,6)/b7-6-;. The van der Waals surface area contributed by atoms with E-state index in [9.17, 15) is 9.59 Å². The fourth-order valence-electron chi connectivity index (χ4n) is 0.550. The summed E-state index contributed by atoms with van der Waals surface area (Å²) in [5.74, 6) is -1.04. The minimum Gasteiger partial charge on any atom is -0.480 e. The summed E-state index contributed by atoms with van der Waals surface area (Å²) in [7, 11) is 0. The van der Waals surface area contributed by atoms with Crippen molar-refractivity contribution >= 4 is 23.5 Å². The molecule has 0 bridgehead atoms. The maximum Gasteiger partial charge on any atom is 0.321 e. The molecular weight excluding hydrogens is 244 g/mol. The van der Waals surface area contributed by atoms with Crippen molar-refractivity contribution in [2.24, 2.45) is 5.73 Å². The number of nitrogens with one attached hydrogen (secondary N) is 1. The molecule has 1 amide bonds. The molecule has 4 N–H and O–H groups in total. The molecule has 0 aliphatic rings. The lowest BCUT2D eigenvalue weighted by Crippen LogP contribution is -2.26. The lowest BCUT2D eigenvalue weighted by Gasteiger charge is -2.04. The van der Waals surface area contributed by atoms with Gasteiger partial charge in [-0.1, -0.05) is 6.92 Å². The molecule has 0 heterocycles. The van der Waals surface area contributed by atoms with Crippen molar-refractivity contribution in [2.75, 3.05) is 6.54 Å². The minimum absolute atomic E-state index is 0.0631. The highest BCUT2D eigenvalue weighted by molar-refractivity contribution is 6.29. The quantitative estimate of drug-likeness (QED) is 0.529. The van der Waals surface area contributed by atoms with Crippen LogP contribution in [0.15, 0.2) is 11.3 Å². The third-order valence-electron chi connectivity index (χ3n) is 1.81. The number of halogens is 1. The van der Waals surface area contributed by atoms with Crippen LogP contribution in [-0.2, 0) is 9.59 Å². The Morgan fingerprint density at radius 1 is 1.41 bits per heavy atom. The van der Waals surface area contributed by atoms with Gasteiger partial charge in [-0.3, -0.25) is 9.59 Å². The highest BCUT2D eigenvalue weighted by Gasteiger charge is 2.03. The first kappa shape index (κ1) is 18.1. The molecule has 17 heavy (non-hydrogen) atoms. The van der Waals surface area contributed by atoms with Crippen LogP contribution in [0.1, 0.15) is 34.1 Å². The molecule has 0 saturated heterocycles. The number of nitrogens with two attached hydrogens (primary N) is 1. The number of aliphatic carboxylic acids is 1. The molecule has 5 nitrogen and oxygen atoms in total. The molecule has 0 saturated carbocycles. The Hall–Kier alpha value is -1.23. The molecule has 100 valence electrons. The van der Waals surface area contributed by atoms with Crippen LogP contribution in [0, 0.1) is 0 Å². The third-order valence-corrected chi connectivity index (χ3v) is 1.99. The number of carboxylic acid groups (broad SMARTS) is 1. The van der Waals surface area contributed by atoms with Gasteiger partial charge in [0.1, 0.15) is 5.38 Å². The van der Waals surface area contributed by atoms with E-state index in [0.29, 0.717) is 17.8 Å². The van der Waals surface area contributed by atoms with E-state index in [0.717, 1.165) is 6.42 Å². The van der Waals surface area contributed by atoms with Crippen molar-refractivity contribution in [1.29, 1.82) is 0 Å². The van der Waals surface area contributed by atoms with Gasteiger partial charge in [0.25, 0.3) is 0 Å². The number of allylic oxidation sites excluding steroid dienone is 1. The van der Waals surface area contributed by atoms with E-state index in [1.54, 1.807) is 13.8 Å². The number of carboxylic acids is 1. The van der Waals surface area contributed by atoms with Gasteiger partial charge in [0.15, 0.2) is 0 Å². The van der Waals surface area contributed by atoms with E-state index in [-0.39, 0.29) is 5.91 Å². The number of amides is 1. The van der Waals surface area contributed by atoms with Gasteiger partial charge in [0, 0.05) is 17.8 Å². The first-order valence-electron chi connectivity index (χ1n) is 5.32. The second-order valence-corrected chi connectivity index (χ2v) is 4.17. The van der Waals surface area contributed by atoms with Crippen LogP contribution in [0.25, 0.3) is 0 Å². The molecule has 0 aromatic heterocycles. The van der Waals surface area contributed by atoms with Crippen molar-refractivity contribution in [2.45, 2.75) is 39.5 Å². The first-order valence-corrected chi connectivity index (χ1v) is 5.75. The second-order valence-electron chi connectivity index (χ2n) is 3.52. The first-order chi connectivity index (χ1) is 7.73. The van der Waals surface area contributed by atoms with Gasteiger partial charge in [-0.15, -0.1) is 11.6 Å². The zero-order valence-electron chi connectivity index (χ0n) is 10.7. The Labute approximate surface area is 107 Å². The molecule has 0 radical (unpaired) electrons. The van der Waals surface area contributed by atoms with Crippen molar-refractivity contribution in [3.8, 4) is 0 Å². The molecule has 0 aromatic carbocycles. The summed E-state index contributed by atoms with van der Waals surface area (Å²) in [6.07, 6.45) is 0.947. The fourth-order valence-corrected chi connectivity index (χ4v) is 0.550. The number of hydrogen-bond acceptors (Lipinski definition) is 3. The van der Waals surface area contributed by atoms with Gasteiger partial charge >= 0.3 is 5.97 Å². The summed E-state index contributed by atoms with van der Waals surface area (Å²) in [5, 5.41) is 9.84. The van der Waals surface area contributed by atoms with Crippen LogP contribution >= 0.6 is 11.6 Å². The molecule has 0 aliphatic carbocycles. The van der Waals surface area contributed by atoms with E-state index >= 15 is 0 Å². The number of carbonyl (C=O) groups is 2. The summed E-state index contributed by atoms with van der Waals surface area (Å²) in [6, 6.07) is 0. The highest BCUT2D eigenvalue weighted by atomic mass is 35.5. The lowest BCUT2D eigenvalue weighted by molar-refractivity contribution is -0.136. The second kappa shape index (κ2) is 9.96. The normalized spacial score (nSPS) is 12.8. The van der Waals surface area contributed by atoms with Crippen LogP contribution in [0.4, 0.5) is 0 Å². The van der Waals surface area contributed by atoms with Crippen molar-refractivity contribution in [3.05, 3.63) is 11.3 Å². The predicted molar refractivity (Wildman–Crippen MR) is 68.8 cm³/mol. The van der Waals surface area contributed by atoms with Crippen molar-refractivity contribution < 1.29 is 14.7 Å². The number of hydrogen-bond donors (Lipinski definition) is 3. The molecule has 0 rings (SSSR count). The molecule has 6 heteroatoms. The fraction of sp³-hybridized carbons (Fsp3) is 0.636. The van der Waals surface area contributed by atoms with E-state index in [1.807, 2.05) is 6.92 Å². The summed E-state index contributed by atoms with van der Waals surface area (Å²) in [4.78, 5) is 20.7. The zero-order valence-corrected chi connectivity index (χ0v) is 11.5. The van der Waals surface area contributed by atoms with Gasteiger partial charge in [-0.2, -0.15) is 0 Å². The van der Waals surface area contributed by atoms with Crippen LogP contribution in [0.2, 0.25) is 0 Å². The van der Waals surface area contributed by atoms with Crippen LogP contribution in [0.3, 0.4) is 0 Å². The highest BCUT2D eigenvalue weighted by Crippen LogP contribution is 1.95. The molecule has 0 spiro atoms. The van der Waals surface area contributed by atoms with E-state index in [4.69, 9.17) is 22.4 Å². The average Bonchev–Trinajstić information content (AvgIpc) is 2.25. The maximum atomic E-state index is 11.1. The number of alkyl halides is 1. The monoisotopic (exact) mass is 264 g/mol. The topological polar surface area (TPSA) is 92.4 Å². The molecule has 1 atom stereocenters. The zero-order chi connectivity index (χ0) is 14.0. The van der Waals surface area contributed by atoms with E-state index in [1.165, 1.54) is 6.92 Å². The Morgan fingerprint density at radius 2 is 1.82 bits per heavy atom. The molecule has 0 aromatic rings. The van der Waals surface area contributed by atoms with Crippen LogP contribution < -0.4 is 11.1 Å². The molecule has 0 aliphatic heterocycles. The smallest absolute Gasteiger partial charge is 0.321 e. The van der Waals surface area contributed by atoms with Crippen LogP contribution in [0.5, 0.6) is 0 Å². The van der Waals surface area contributed by atoms with Crippen LogP contribution in [-0.4, -0.2) is 28.9 Å². The van der Waals surface area contributed by atoms with E-state index in [2.05, 4.69) is 5.32 Å². The summed E-state index contributed by atoms with van der Waals surface area (Å²) in [5.41, 5.74) is 6.62. The Bertz CT molecular complexity index is 284. The van der Waals surface area contributed by atoms with Crippen molar-refractivity contribution in [3.63, 3.8) is 0 Å². The summed E-state index contributed by atoms with van der Waals surface area (Å²) >= 11 is 5.01. The molecule has 0 fully saturated rings. The minimum atomic E-state index is -0.975. The predicted octanol–water partition coefficient (Wildman–Crippen LogP) is 1.46. The van der Waals surface area contributed by atoms with Crippen molar-refractivity contribution in [1.82, 2.24) is 5.32 Å². The van der Waals surface area contributed by atoms with Gasteiger partial charge < -0.3 is 16.2 Å². The van der Waals surface area contributed by atoms with Gasteiger partial charge in [0.2, 0.25) is 5.91 Å². The molecular formula is C11H21ClN2O3. The number of carbonyl (C=O) groups excluding carboxylic acids is 1. The van der Waals surface area contributed by atoms with Gasteiger partial charge in [0.05, 0.1) is 0 Å². The summed E-state index contributed by atoms with van der Waals surface area (Å²) in [6.45, 7) is 7.57.